The fraction of sp³-hybridized carbons (Fsp3) is 0.529. The second-order valence-corrected chi connectivity index (χ2v) is 9.11. The number of aliphatic hydroxyl groups excluding tert-OH is 1. The van der Waals surface area contributed by atoms with Crippen molar-refractivity contribution in [3.05, 3.63) is 28.7 Å². The largest absolute Gasteiger partial charge is 0.454 e. The lowest BCUT2D eigenvalue weighted by Gasteiger charge is -2.30. The summed E-state index contributed by atoms with van der Waals surface area (Å²) in [6, 6.07) is 4.30. The molecule has 1 aromatic rings. The molecule has 1 amide bonds. The topological polar surface area (TPSA) is 113 Å². The van der Waals surface area contributed by atoms with Crippen molar-refractivity contribution in [2.75, 3.05) is 26.3 Å². The van der Waals surface area contributed by atoms with Gasteiger partial charge < -0.3 is 14.7 Å². The fourth-order valence-electron chi connectivity index (χ4n) is 2.61. The van der Waals surface area contributed by atoms with Crippen LogP contribution in [0.5, 0.6) is 0 Å². The third-order valence-corrected chi connectivity index (χ3v) is 6.38. The van der Waals surface area contributed by atoms with Crippen LogP contribution < -0.4 is 4.72 Å². The Balaban J connectivity index is 1.91. The van der Waals surface area contributed by atoms with Gasteiger partial charge in [-0.2, -0.15) is 4.72 Å². The number of amides is 1. The molecule has 0 aliphatic carbocycles. The number of aliphatic hydroxyl groups is 1. The Labute approximate surface area is 167 Å². The van der Waals surface area contributed by atoms with E-state index in [4.69, 9.17) is 4.74 Å². The molecule has 0 saturated carbocycles. The first-order valence-corrected chi connectivity index (χ1v) is 10.8. The number of rotatable bonds is 7. The molecule has 1 aromatic carbocycles. The van der Waals surface area contributed by atoms with Crippen molar-refractivity contribution >= 4 is 37.8 Å². The highest BCUT2D eigenvalue weighted by Gasteiger charge is 2.28. The Morgan fingerprint density at radius 2 is 1.89 bits per heavy atom. The van der Waals surface area contributed by atoms with Gasteiger partial charge in [-0.1, -0.05) is 22.9 Å². The Morgan fingerprint density at radius 3 is 2.44 bits per heavy atom. The summed E-state index contributed by atoms with van der Waals surface area (Å²) in [5.41, 5.74) is 0. The van der Waals surface area contributed by atoms with Gasteiger partial charge in [-0.05, 0) is 43.0 Å². The van der Waals surface area contributed by atoms with Crippen LogP contribution in [0.2, 0.25) is 0 Å². The number of nitrogens with zero attached hydrogens (tertiary/aromatic N) is 1. The summed E-state index contributed by atoms with van der Waals surface area (Å²) < 4.78 is 32.3. The van der Waals surface area contributed by atoms with Crippen LogP contribution in [0.1, 0.15) is 19.8 Å². The Morgan fingerprint density at radius 1 is 1.30 bits per heavy atom. The third kappa shape index (κ3) is 6.27. The third-order valence-electron chi connectivity index (χ3n) is 4.36. The van der Waals surface area contributed by atoms with Gasteiger partial charge >= 0.3 is 5.97 Å². The first-order chi connectivity index (χ1) is 12.7. The second-order valence-electron chi connectivity index (χ2n) is 6.48. The molecule has 1 atom stereocenters. The van der Waals surface area contributed by atoms with Gasteiger partial charge in [0.1, 0.15) is 6.04 Å². The SMILES string of the molecule is CC1CCN(C(=O)COC(=O)C(CO)NS(=O)(=O)c2ccc(Br)cc2)CC1. The summed E-state index contributed by atoms with van der Waals surface area (Å²) in [5.74, 6) is -0.775. The van der Waals surface area contributed by atoms with Crippen molar-refractivity contribution in [1.29, 1.82) is 0 Å². The fourth-order valence-corrected chi connectivity index (χ4v) is 4.05. The Kier molecular flexibility index (Phi) is 7.78. The molecule has 1 aliphatic heterocycles. The van der Waals surface area contributed by atoms with Gasteiger partial charge in [-0.15, -0.1) is 0 Å². The second kappa shape index (κ2) is 9.63. The van der Waals surface area contributed by atoms with E-state index in [1.165, 1.54) is 12.1 Å². The van der Waals surface area contributed by atoms with Crippen LogP contribution in [0, 0.1) is 5.92 Å². The lowest BCUT2D eigenvalue weighted by atomic mass is 9.99. The first kappa shape index (κ1) is 21.8. The standard InChI is InChI=1S/C17H23BrN2O6S/c1-12-6-8-20(9-7-12)16(22)11-26-17(23)15(10-21)19-27(24,25)14-4-2-13(18)3-5-14/h2-5,12,15,19,21H,6-11H2,1H3. The summed E-state index contributed by atoms with van der Waals surface area (Å²) in [6.45, 7) is 2.06. The van der Waals surface area contributed by atoms with Gasteiger partial charge in [0.05, 0.1) is 11.5 Å². The van der Waals surface area contributed by atoms with Gasteiger partial charge in [-0.25, -0.2) is 8.42 Å². The van der Waals surface area contributed by atoms with Crippen LogP contribution in [0.4, 0.5) is 0 Å². The number of hydrogen-bond donors (Lipinski definition) is 2. The number of esters is 1. The smallest absolute Gasteiger partial charge is 0.327 e. The average molecular weight is 463 g/mol. The zero-order valence-corrected chi connectivity index (χ0v) is 17.3. The molecule has 1 fully saturated rings. The number of hydrogen-bond acceptors (Lipinski definition) is 6. The van der Waals surface area contributed by atoms with Crippen LogP contribution in [0.25, 0.3) is 0 Å². The molecule has 1 unspecified atom stereocenters. The van der Waals surface area contributed by atoms with E-state index >= 15 is 0 Å². The van der Waals surface area contributed by atoms with Crippen molar-refractivity contribution in [3.63, 3.8) is 0 Å². The number of carbonyl (C=O) groups excluding carboxylic acids is 2. The van der Waals surface area contributed by atoms with E-state index in [1.807, 2.05) is 0 Å². The Hall–Kier alpha value is -1.49. The molecule has 150 valence electrons. The lowest BCUT2D eigenvalue weighted by molar-refractivity contribution is -0.154. The predicted molar refractivity (Wildman–Crippen MR) is 101 cm³/mol. The molecular formula is C17H23BrN2O6S. The number of sulfonamides is 1. The molecular weight excluding hydrogens is 440 g/mol. The molecule has 10 heteroatoms. The normalized spacial score (nSPS) is 16.8. The molecule has 1 heterocycles. The molecule has 2 N–H and O–H groups in total. The van der Waals surface area contributed by atoms with Gasteiger partial charge in [0.15, 0.2) is 6.61 Å². The van der Waals surface area contributed by atoms with Gasteiger partial charge in [0, 0.05) is 17.6 Å². The van der Waals surface area contributed by atoms with Crippen molar-refractivity contribution in [1.82, 2.24) is 9.62 Å². The highest BCUT2D eigenvalue weighted by atomic mass is 79.9. The molecule has 1 aliphatic rings. The van der Waals surface area contributed by atoms with E-state index < -0.39 is 35.2 Å². The van der Waals surface area contributed by atoms with Crippen molar-refractivity contribution in [2.45, 2.75) is 30.7 Å². The van der Waals surface area contributed by atoms with Crippen LogP contribution in [0.15, 0.2) is 33.6 Å². The zero-order valence-electron chi connectivity index (χ0n) is 14.9. The van der Waals surface area contributed by atoms with Crippen molar-refractivity contribution < 1.29 is 27.9 Å². The lowest BCUT2D eigenvalue weighted by Crippen LogP contribution is -2.46. The van der Waals surface area contributed by atoms with E-state index in [-0.39, 0.29) is 10.8 Å². The number of likely N-dealkylation sites (tertiary alicyclic amines) is 1. The molecule has 1 saturated heterocycles. The van der Waals surface area contributed by atoms with E-state index in [0.717, 1.165) is 12.8 Å². The maximum atomic E-state index is 12.3. The monoisotopic (exact) mass is 462 g/mol. The summed E-state index contributed by atoms with van der Waals surface area (Å²) >= 11 is 3.20. The average Bonchev–Trinajstić information content (AvgIpc) is 2.64. The summed E-state index contributed by atoms with van der Waals surface area (Å²) in [6.07, 6.45) is 1.79. The molecule has 0 bridgehead atoms. The number of halogens is 1. The summed E-state index contributed by atoms with van der Waals surface area (Å²) in [4.78, 5) is 25.7. The Bertz CT molecular complexity index is 760. The van der Waals surface area contributed by atoms with Crippen LogP contribution in [0.3, 0.4) is 0 Å². The first-order valence-electron chi connectivity index (χ1n) is 8.56. The maximum Gasteiger partial charge on any atom is 0.327 e. The van der Waals surface area contributed by atoms with Crippen LogP contribution in [-0.2, 0) is 24.3 Å². The van der Waals surface area contributed by atoms with E-state index in [1.54, 1.807) is 17.0 Å². The number of ether oxygens (including phenoxy) is 1. The van der Waals surface area contributed by atoms with Crippen LogP contribution in [-0.4, -0.2) is 62.6 Å². The van der Waals surface area contributed by atoms with Gasteiger partial charge in [0.2, 0.25) is 10.0 Å². The molecule has 0 aromatic heterocycles. The number of benzene rings is 1. The molecule has 0 radical (unpaired) electrons. The van der Waals surface area contributed by atoms with Crippen molar-refractivity contribution in [2.24, 2.45) is 5.92 Å². The number of nitrogens with one attached hydrogen (secondary N) is 1. The van der Waals surface area contributed by atoms with Gasteiger partial charge in [-0.3, -0.25) is 9.59 Å². The molecule has 27 heavy (non-hydrogen) atoms. The number of carbonyl (C=O) groups is 2. The van der Waals surface area contributed by atoms with Crippen molar-refractivity contribution in [3.8, 4) is 0 Å². The highest BCUT2D eigenvalue weighted by Crippen LogP contribution is 2.16. The number of piperidine rings is 1. The quantitative estimate of drug-likeness (QED) is 0.581. The van der Waals surface area contributed by atoms with E-state index in [2.05, 4.69) is 27.6 Å². The molecule has 0 spiro atoms. The summed E-state index contributed by atoms with van der Waals surface area (Å²) in [5, 5.41) is 9.36. The predicted octanol–water partition coefficient (Wildman–Crippen LogP) is 0.890. The van der Waals surface area contributed by atoms with Gasteiger partial charge in [0.25, 0.3) is 5.91 Å². The molecule has 2 rings (SSSR count). The minimum Gasteiger partial charge on any atom is -0.454 e. The summed E-state index contributed by atoms with van der Waals surface area (Å²) in [7, 11) is -4.03. The zero-order chi connectivity index (χ0) is 20.0. The van der Waals surface area contributed by atoms with E-state index in [0.29, 0.717) is 23.5 Å². The van der Waals surface area contributed by atoms with E-state index in [9.17, 15) is 23.1 Å². The maximum absolute atomic E-state index is 12.3. The van der Waals surface area contributed by atoms with Crippen LogP contribution >= 0.6 is 15.9 Å². The molecule has 8 nitrogen and oxygen atoms in total. The minimum absolute atomic E-state index is 0.0598. The minimum atomic E-state index is -4.03. The highest BCUT2D eigenvalue weighted by molar-refractivity contribution is 9.10.